The Morgan fingerprint density at radius 1 is 0.892 bits per heavy atom. The Labute approximate surface area is 211 Å². The molecule has 0 amide bonds. The van der Waals surface area contributed by atoms with Crippen molar-refractivity contribution in [3.8, 4) is 40.2 Å². The summed E-state index contributed by atoms with van der Waals surface area (Å²) in [6, 6.07) is 11.8. The third kappa shape index (κ3) is 3.79. The van der Waals surface area contributed by atoms with Gasteiger partial charge in [-0.2, -0.15) is 0 Å². The largest absolute Gasteiger partial charge is 0.502 e. The van der Waals surface area contributed by atoms with Crippen LogP contribution in [0.1, 0.15) is 39.4 Å². The van der Waals surface area contributed by atoms with E-state index < -0.39 is 11.9 Å². The summed E-state index contributed by atoms with van der Waals surface area (Å²) in [5.41, 5.74) is 2.28. The van der Waals surface area contributed by atoms with Gasteiger partial charge in [0.05, 0.1) is 26.2 Å². The number of hydrogen-bond acceptors (Lipinski definition) is 9. The van der Waals surface area contributed by atoms with E-state index in [4.69, 9.17) is 28.4 Å². The van der Waals surface area contributed by atoms with Crippen LogP contribution in [-0.4, -0.2) is 44.3 Å². The first-order chi connectivity index (χ1) is 18.0. The Morgan fingerprint density at radius 3 is 2.32 bits per heavy atom. The van der Waals surface area contributed by atoms with E-state index in [1.165, 1.54) is 14.2 Å². The van der Waals surface area contributed by atoms with E-state index in [-0.39, 0.29) is 35.2 Å². The number of ether oxygens (including phenoxy) is 6. The number of aromatic hydroxyl groups is 1. The fourth-order valence-electron chi connectivity index (χ4n) is 4.81. The van der Waals surface area contributed by atoms with Gasteiger partial charge in [0.15, 0.2) is 28.8 Å². The number of benzene rings is 3. The number of phenolic OH excluding ortho intramolecular Hbond substituents is 1. The van der Waals surface area contributed by atoms with Crippen molar-refractivity contribution >= 4 is 17.8 Å². The number of hydrogen-bond donors (Lipinski definition) is 1. The minimum Gasteiger partial charge on any atom is -0.502 e. The summed E-state index contributed by atoms with van der Waals surface area (Å²) in [6.07, 6.45) is 1.64. The van der Waals surface area contributed by atoms with Gasteiger partial charge in [-0.25, -0.2) is 0 Å². The maximum atomic E-state index is 13.3. The van der Waals surface area contributed by atoms with E-state index in [1.807, 2.05) is 6.07 Å². The van der Waals surface area contributed by atoms with E-state index in [0.717, 1.165) is 0 Å². The molecule has 0 saturated carbocycles. The summed E-state index contributed by atoms with van der Waals surface area (Å²) < 4.78 is 33.5. The lowest BCUT2D eigenvalue weighted by atomic mass is 9.84. The van der Waals surface area contributed by atoms with Crippen molar-refractivity contribution in [2.45, 2.75) is 12.3 Å². The zero-order chi connectivity index (χ0) is 25.7. The standard InChI is InChI=1S/C28H22O9/c1-32-21-11-15(12-22(33-2)27(21)31)17-13-24(29)36-19-6-4-16-26(30)23(37-28(16)25(17)19)10-14-3-5-18-20(9-14)35-8-7-34-18/h3-6,9-12,17,31H,7-8,13H2,1-2H3/b23-10-/t17-/m1/s1. The van der Waals surface area contributed by atoms with E-state index in [0.29, 0.717) is 58.5 Å². The molecule has 0 saturated heterocycles. The van der Waals surface area contributed by atoms with Gasteiger partial charge in [0, 0.05) is 11.5 Å². The molecule has 1 N–H and O–H groups in total. The first-order valence-electron chi connectivity index (χ1n) is 11.6. The van der Waals surface area contributed by atoms with Crippen LogP contribution >= 0.6 is 0 Å². The molecule has 0 unspecified atom stereocenters. The van der Waals surface area contributed by atoms with Crippen molar-refractivity contribution in [2.24, 2.45) is 0 Å². The molecule has 0 radical (unpaired) electrons. The summed E-state index contributed by atoms with van der Waals surface area (Å²) >= 11 is 0. The lowest BCUT2D eigenvalue weighted by molar-refractivity contribution is -0.135. The number of allylic oxidation sites excluding steroid dienone is 1. The van der Waals surface area contributed by atoms with Crippen LogP contribution in [0.25, 0.3) is 6.08 Å². The molecule has 3 aliphatic heterocycles. The highest BCUT2D eigenvalue weighted by molar-refractivity contribution is 6.15. The average molecular weight is 502 g/mol. The van der Waals surface area contributed by atoms with Gasteiger partial charge in [0.25, 0.3) is 0 Å². The Hall–Kier alpha value is -4.66. The number of ketones is 1. The Bertz CT molecular complexity index is 1460. The zero-order valence-electron chi connectivity index (χ0n) is 20.0. The van der Waals surface area contributed by atoms with E-state index in [2.05, 4.69) is 0 Å². The van der Waals surface area contributed by atoms with Crippen molar-refractivity contribution in [1.82, 2.24) is 0 Å². The molecule has 1 atom stereocenters. The predicted molar refractivity (Wildman–Crippen MR) is 130 cm³/mol. The lowest BCUT2D eigenvalue weighted by Gasteiger charge is -2.27. The maximum absolute atomic E-state index is 13.3. The van der Waals surface area contributed by atoms with Gasteiger partial charge in [-0.3, -0.25) is 9.59 Å². The van der Waals surface area contributed by atoms with Crippen LogP contribution in [0, 0.1) is 0 Å². The zero-order valence-corrected chi connectivity index (χ0v) is 20.0. The molecule has 3 aromatic carbocycles. The minimum absolute atomic E-state index is 0.000698. The normalized spacial score (nSPS) is 18.5. The predicted octanol–water partition coefficient (Wildman–Crippen LogP) is 4.24. The molecule has 37 heavy (non-hydrogen) atoms. The summed E-state index contributed by atoms with van der Waals surface area (Å²) in [5, 5.41) is 10.4. The summed E-state index contributed by atoms with van der Waals surface area (Å²) in [6.45, 7) is 0.937. The molecular weight excluding hydrogens is 480 g/mol. The lowest BCUT2D eigenvalue weighted by Crippen LogP contribution is -2.21. The molecule has 9 heteroatoms. The number of rotatable bonds is 4. The highest BCUT2D eigenvalue weighted by atomic mass is 16.6. The van der Waals surface area contributed by atoms with Gasteiger partial charge in [0.1, 0.15) is 24.7 Å². The molecule has 0 fully saturated rings. The van der Waals surface area contributed by atoms with Crippen LogP contribution in [0.4, 0.5) is 0 Å². The maximum Gasteiger partial charge on any atom is 0.312 e. The minimum atomic E-state index is -0.531. The number of carbonyl (C=O) groups excluding carboxylic acids is 2. The molecule has 3 heterocycles. The number of fused-ring (bicyclic) bond motifs is 4. The van der Waals surface area contributed by atoms with Gasteiger partial charge in [-0.1, -0.05) is 6.07 Å². The van der Waals surface area contributed by atoms with Crippen LogP contribution in [0.5, 0.6) is 40.2 Å². The summed E-state index contributed by atoms with van der Waals surface area (Å²) in [7, 11) is 2.85. The number of methoxy groups -OCH3 is 2. The quantitative estimate of drug-likeness (QED) is 0.318. The van der Waals surface area contributed by atoms with Gasteiger partial charge < -0.3 is 33.5 Å². The van der Waals surface area contributed by atoms with Crippen molar-refractivity contribution in [2.75, 3.05) is 27.4 Å². The molecular formula is C28H22O9. The third-order valence-electron chi connectivity index (χ3n) is 6.55. The second-order valence-electron chi connectivity index (χ2n) is 8.70. The van der Waals surface area contributed by atoms with E-state index in [9.17, 15) is 14.7 Å². The molecule has 188 valence electrons. The van der Waals surface area contributed by atoms with Gasteiger partial charge in [0.2, 0.25) is 11.5 Å². The Balaban J connectivity index is 1.43. The third-order valence-corrected chi connectivity index (χ3v) is 6.55. The van der Waals surface area contributed by atoms with Gasteiger partial charge >= 0.3 is 5.97 Å². The molecule has 0 aromatic heterocycles. The molecule has 0 bridgehead atoms. The topological polar surface area (TPSA) is 110 Å². The van der Waals surface area contributed by atoms with Crippen molar-refractivity contribution in [3.63, 3.8) is 0 Å². The number of Topliss-reactive ketones (excluding diaryl/α,β-unsaturated/α-hetero) is 1. The molecule has 3 aromatic rings. The van der Waals surface area contributed by atoms with Crippen LogP contribution in [0.3, 0.4) is 0 Å². The monoisotopic (exact) mass is 502 g/mol. The first kappa shape index (κ1) is 22.8. The van der Waals surface area contributed by atoms with Crippen LogP contribution < -0.4 is 28.4 Å². The molecule has 0 spiro atoms. The molecule has 6 rings (SSSR count). The number of carbonyl (C=O) groups is 2. The van der Waals surface area contributed by atoms with E-state index in [1.54, 1.807) is 42.5 Å². The second kappa shape index (κ2) is 8.77. The fourth-order valence-corrected chi connectivity index (χ4v) is 4.81. The molecule has 3 aliphatic rings. The molecule has 0 aliphatic carbocycles. The van der Waals surface area contributed by atoms with Crippen molar-refractivity contribution in [3.05, 3.63) is 70.5 Å². The highest BCUT2D eigenvalue weighted by Gasteiger charge is 2.39. The summed E-state index contributed by atoms with van der Waals surface area (Å²) in [4.78, 5) is 25.8. The number of phenols is 1. The van der Waals surface area contributed by atoms with Crippen molar-refractivity contribution < 1.29 is 43.1 Å². The van der Waals surface area contributed by atoms with Crippen LogP contribution in [0.15, 0.2) is 48.2 Å². The van der Waals surface area contributed by atoms with Crippen LogP contribution in [0.2, 0.25) is 0 Å². The highest BCUT2D eigenvalue weighted by Crippen LogP contribution is 2.51. The number of esters is 1. The second-order valence-corrected chi connectivity index (χ2v) is 8.70. The fraction of sp³-hybridized carbons (Fsp3) is 0.214. The Morgan fingerprint density at radius 2 is 1.59 bits per heavy atom. The Kier molecular flexibility index (Phi) is 5.40. The first-order valence-corrected chi connectivity index (χ1v) is 11.6. The van der Waals surface area contributed by atoms with Crippen LogP contribution in [-0.2, 0) is 4.79 Å². The van der Waals surface area contributed by atoms with Crippen molar-refractivity contribution in [1.29, 1.82) is 0 Å². The average Bonchev–Trinajstić information content (AvgIpc) is 3.23. The van der Waals surface area contributed by atoms with E-state index >= 15 is 0 Å². The summed E-state index contributed by atoms with van der Waals surface area (Å²) in [5.74, 6) is 1.00. The SMILES string of the molecule is COc1cc([C@H]2CC(=O)Oc3ccc4c(c32)O/C(=C\c2ccc3c(c2)OCCO3)C4=O)cc(OC)c1O. The molecule has 9 nitrogen and oxygen atoms in total. The van der Waals surface area contributed by atoms with Gasteiger partial charge in [-0.05, 0) is 53.6 Å². The van der Waals surface area contributed by atoms with Gasteiger partial charge in [-0.15, -0.1) is 0 Å². The smallest absolute Gasteiger partial charge is 0.312 e.